The van der Waals surface area contributed by atoms with Crippen LogP contribution >= 0.6 is 0 Å². The summed E-state index contributed by atoms with van der Waals surface area (Å²) in [6.45, 7) is 3.50. The number of para-hydroxylation sites is 1. The molecule has 4 rings (SSSR count). The van der Waals surface area contributed by atoms with Crippen LogP contribution in [0.3, 0.4) is 0 Å². The summed E-state index contributed by atoms with van der Waals surface area (Å²) in [4.78, 5) is 29.7. The van der Waals surface area contributed by atoms with Crippen LogP contribution in [0.4, 0.5) is 17.3 Å². The number of rotatable bonds is 5. The lowest BCUT2D eigenvalue weighted by molar-refractivity contribution is 0.102. The molecule has 1 aliphatic rings. The molecule has 0 atom stereocenters. The van der Waals surface area contributed by atoms with E-state index in [1.165, 1.54) is 19.1 Å². The molecule has 148 valence electrons. The Bertz CT molecular complexity index is 974. The van der Waals surface area contributed by atoms with Crippen molar-refractivity contribution in [2.24, 2.45) is 0 Å². The first-order valence-corrected chi connectivity index (χ1v) is 9.42. The molecule has 1 amide bonds. The van der Waals surface area contributed by atoms with Gasteiger partial charge in [-0.1, -0.05) is 18.2 Å². The van der Waals surface area contributed by atoms with Crippen LogP contribution in [-0.2, 0) is 0 Å². The van der Waals surface area contributed by atoms with Crippen molar-refractivity contribution in [2.45, 2.75) is 0 Å². The quantitative estimate of drug-likeness (QED) is 0.716. The fraction of sp³-hybridized carbons (Fsp3) is 0.238. The Morgan fingerprint density at radius 2 is 1.72 bits per heavy atom. The van der Waals surface area contributed by atoms with E-state index in [-0.39, 0.29) is 11.8 Å². The number of carbonyl (C=O) groups excluding carboxylic acids is 1. The zero-order valence-electron chi connectivity index (χ0n) is 16.2. The van der Waals surface area contributed by atoms with Gasteiger partial charge in [0, 0.05) is 44.1 Å². The number of anilines is 3. The molecule has 0 bridgehead atoms. The summed E-state index contributed by atoms with van der Waals surface area (Å²) in [6, 6.07) is 15.5. The number of methoxy groups -OCH3 is 1. The molecule has 3 aromatic rings. The monoisotopic (exact) mass is 390 g/mol. The first-order chi connectivity index (χ1) is 14.2. The Hall–Kier alpha value is -3.68. The van der Waals surface area contributed by atoms with Crippen LogP contribution in [0.25, 0.3) is 0 Å². The molecule has 0 aliphatic carbocycles. The molecule has 0 radical (unpaired) electrons. The molecule has 1 N–H and O–H groups in total. The SMILES string of the molecule is COc1ncccc1C(=O)Nc1cc(N2CCN(c3ccccc3)CC2)ncn1. The fourth-order valence-corrected chi connectivity index (χ4v) is 3.33. The number of benzene rings is 1. The Labute approximate surface area is 169 Å². The van der Waals surface area contributed by atoms with Gasteiger partial charge in [0.25, 0.3) is 5.91 Å². The highest BCUT2D eigenvalue weighted by molar-refractivity contribution is 6.05. The first-order valence-electron chi connectivity index (χ1n) is 9.42. The third kappa shape index (κ3) is 4.26. The van der Waals surface area contributed by atoms with E-state index in [2.05, 4.69) is 54.3 Å². The van der Waals surface area contributed by atoms with Gasteiger partial charge < -0.3 is 19.9 Å². The second kappa shape index (κ2) is 8.55. The van der Waals surface area contributed by atoms with Gasteiger partial charge in [0.15, 0.2) is 0 Å². The van der Waals surface area contributed by atoms with E-state index in [0.29, 0.717) is 11.4 Å². The maximum Gasteiger partial charge on any atom is 0.262 e. The molecule has 0 spiro atoms. The van der Waals surface area contributed by atoms with E-state index < -0.39 is 0 Å². The molecule has 1 aliphatic heterocycles. The van der Waals surface area contributed by atoms with Crippen molar-refractivity contribution < 1.29 is 9.53 Å². The maximum absolute atomic E-state index is 12.6. The smallest absolute Gasteiger partial charge is 0.262 e. The van der Waals surface area contributed by atoms with Gasteiger partial charge >= 0.3 is 0 Å². The third-order valence-electron chi connectivity index (χ3n) is 4.83. The summed E-state index contributed by atoms with van der Waals surface area (Å²) >= 11 is 0. The summed E-state index contributed by atoms with van der Waals surface area (Å²) in [5, 5.41) is 2.80. The van der Waals surface area contributed by atoms with Crippen LogP contribution in [0.1, 0.15) is 10.4 Å². The predicted octanol–water partition coefficient (Wildman–Crippen LogP) is 2.46. The zero-order valence-corrected chi connectivity index (χ0v) is 16.2. The molecule has 29 heavy (non-hydrogen) atoms. The number of pyridine rings is 1. The van der Waals surface area contributed by atoms with Gasteiger partial charge in [-0.15, -0.1) is 0 Å². The summed E-state index contributed by atoms with van der Waals surface area (Å²) in [7, 11) is 1.48. The van der Waals surface area contributed by atoms with Crippen LogP contribution in [0, 0.1) is 0 Å². The van der Waals surface area contributed by atoms with Gasteiger partial charge in [-0.25, -0.2) is 15.0 Å². The molecule has 3 heterocycles. The van der Waals surface area contributed by atoms with Crippen LogP contribution in [0.5, 0.6) is 5.88 Å². The molecule has 1 fully saturated rings. The summed E-state index contributed by atoms with van der Waals surface area (Å²) in [5.41, 5.74) is 1.58. The standard InChI is InChI=1S/C21H22N6O2/c1-29-21-17(8-5-9-22-21)20(28)25-18-14-19(24-15-23-18)27-12-10-26(11-13-27)16-6-3-2-4-7-16/h2-9,14-15H,10-13H2,1H3,(H,23,24,25,28). The number of nitrogens with zero attached hydrogens (tertiary/aromatic N) is 5. The average molecular weight is 390 g/mol. The van der Waals surface area contributed by atoms with E-state index in [1.807, 2.05) is 6.07 Å². The Kier molecular flexibility index (Phi) is 5.51. The molecule has 0 unspecified atom stereocenters. The molecule has 1 saturated heterocycles. The van der Waals surface area contributed by atoms with E-state index in [1.54, 1.807) is 24.4 Å². The molecule has 1 aromatic carbocycles. The number of nitrogens with one attached hydrogen (secondary N) is 1. The van der Waals surface area contributed by atoms with Crippen molar-refractivity contribution in [3.63, 3.8) is 0 Å². The second-order valence-corrected chi connectivity index (χ2v) is 6.59. The minimum Gasteiger partial charge on any atom is -0.480 e. The molecule has 2 aromatic heterocycles. The van der Waals surface area contributed by atoms with Gasteiger partial charge in [0.1, 0.15) is 23.5 Å². The Morgan fingerprint density at radius 1 is 0.966 bits per heavy atom. The van der Waals surface area contributed by atoms with E-state index in [9.17, 15) is 4.79 Å². The van der Waals surface area contributed by atoms with Gasteiger partial charge in [-0.05, 0) is 24.3 Å². The van der Waals surface area contributed by atoms with Crippen molar-refractivity contribution in [1.82, 2.24) is 15.0 Å². The lowest BCUT2D eigenvalue weighted by Crippen LogP contribution is -2.46. The number of carbonyl (C=O) groups is 1. The Balaban J connectivity index is 1.42. The van der Waals surface area contributed by atoms with E-state index in [4.69, 9.17) is 4.74 Å². The number of hydrogen-bond acceptors (Lipinski definition) is 7. The van der Waals surface area contributed by atoms with Crippen LogP contribution in [-0.4, -0.2) is 54.1 Å². The van der Waals surface area contributed by atoms with Crippen LogP contribution < -0.4 is 19.9 Å². The topological polar surface area (TPSA) is 83.5 Å². The number of ether oxygens (including phenoxy) is 1. The molecule has 8 heteroatoms. The summed E-state index contributed by atoms with van der Waals surface area (Å²) in [5.74, 6) is 1.18. The zero-order chi connectivity index (χ0) is 20.1. The lowest BCUT2D eigenvalue weighted by Gasteiger charge is -2.36. The fourth-order valence-electron chi connectivity index (χ4n) is 3.33. The number of piperazine rings is 1. The van der Waals surface area contributed by atoms with Crippen molar-refractivity contribution in [3.05, 3.63) is 66.6 Å². The minimum atomic E-state index is -0.325. The number of aromatic nitrogens is 3. The van der Waals surface area contributed by atoms with Gasteiger partial charge in [-0.2, -0.15) is 0 Å². The number of amides is 1. The molecular formula is C21H22N6O2. The third-order valence-corrected chi connectivity index (χ3v) is 4.83. The Morgan fingerprint density at radius 3 is 2.48 bits per heavy atom. The predicted molar refractivity (Wildman–Crippen MR) is 112 cm³/mol. The summed E-state index contributed by atoms with van der Waals surface area (Å²) < 4.78 is 5.15. The maximum atomic E-state index is 12.6. The molecule has 0 saturated carbocycles. The summed E-state index contributed by atoms with van der Waals surface area (Å²) in [6.07, 6.45) is 3.04. The van der Waals surface area contributed by atoms with Crippen LogP contribution in [0.15, 0.2) is 61.1 Å². The van der Waals surface area contributed by atoms with Crippen LogP contribution in [0.2, 0.25) is 0 Å². The molecular weight excluding hydrogens is 368 g/mol. The highest BCUT2D eigenvalue weighted by Crippen LogP contribution is 2.21. The largest absolute Gasteiger partial charge is 0.480 e. The second-order valence-electron chi connectivity index (χ2n) is 6.59. The van der Waals surface area contributed by atoms with E-state index in [0.717, 1.165) is 32.0 Å². The average Bonchev–Trinajstić information content (AvgIpc) is 2.80. The number of hydrogen-bond donors (Lipinski definition) is 1. The highest BCUT2D eigenvalue weighted by atomic mass is 16.5. The van der Waals surface area contributed by atoms with Crippen molar-refractivity contribution in [3.8, 4) is 5.88 Å². The van der Waals surface area contributed by atoms with Gasteiger partial charge in [-0.3, -0.25) is 4.79 Å². The first kappa shape index (κ1) is 18.7. The van der Waals surface area contributed by atoms with Gasteiger partial charge in [0.05, 0.1) is 7.11 Å². The van der Waals surface area contributed by atoms with E-state index >= 15 is 0 Å². The normalized spacial score (nSPS) is 13.8. The van der Waals surface area contributed by atoms with Crippen molar-refractivity contribution in [1.29, 1.82) is 0 Å². The van der Waals surface area contributed by atoms with Crippen molar-refractivity contribution in [2.75, 3.05) is 48.4 Å². The van der Waals surface area contributed by atoms with Crippen molar-refractivity contribution >= 4 is 23.2 Å². The highest BCUT2D eigenvalue weighted by Gasteiger charge is 2.19. The minimum absolute atomic E-state index is 0.274. The van der Waals surface area contributed by atoms with Gasteiger partial charge in [0.2, 0.25) is 5.88 Å². The lowest BCUT2D eigenvalue weighted by atomic mass is 10.2. The molecule has 8 nitrogen and oxygen atoms in total.